The molecule has 1 fully saturated rings. The van der Waals surface area contributed by atoms with E-state index in [0.29, 0.717) is 12.8 Å². The number of nitrogens with zero attached hydrogens (tertiary/aromatic N) is 2. The molecule has 116 valence electrons. The molecule has 0 bridgehead atoms. The largest absolute Gasteiger partial charge is 0.389 e. The Balaban J connectivity index is 2.40. The number of halogens is 1. The van der Waals surface area contributed by atoms with E-state index < -0.39 is 26.2 Å². The molecule has 21 heavy (non-hydrogen) atoms. The molecule has 1 aliphatic rings. The first kappa shape index (κ1) is 16.2. The van der Waals surface area contributed by atoms with Gasteiger partial charge in [-0.05, 0) is 31.9 Å². The van der Waals surface area contributed by atoms with E-state index in [0.717, 1.165) is 10.4 Å². The van der Waals surface area contributed by atoms with Gasteiger partial charge in [0.15, 0.2) is 0 Å². The van der Waals surface area contributed by atoms with Crippen LogP contribution in [-0.2, 0) is 10.0 Å². The number of hydrogen-bond acceptors (Lipinski definition) is 5. The Kier molecular flexibility index (Phi) is 4.25. The molecule has 0 aliphatic carbocycles. The van der Waals surface area contributed by atoms with Crippen molar-refractivity contribution in [3.8, 4) is 0 Å². The van der Waals surface area contributed by atoms with E-state index in [9.17, 15) is 23.6 Å². The van der Waals surface area contributed by atoms with Crippen molar-refractivity contribution in [1.82, 2.24) is 4.31 Å². The molecular weight excluding hydrogens is 320 g/mol. The van der Waals surface area contributed by atoms with Crippen molar-refractivity contribution < 1.29 is 18.4 Å². The van der Waals surface area contributed by atoms with Gasteiger partial charge in [-0.15, -0.1) is 0 Å². The molecule has 1 saturated heterocycles. The van der Waals surface area contributed by atoms with Gasteiger partial charge < -0.3 is 5.11 Å². The summed E-state index contributed by atoms with van der Waals surface area (Å²) in [7, 11) is -3.90. The highest BCUT2D eigenvalue weighted by molar-refractivity contribution is 7.89. The summed E-state index contributed by atoms with van der Waals surface area (Å²) < 4.78 is 26.2. The highest BCUT2D eigenvalue weighted by Crippen LogP contribution is 2.31. The quantitative estimate of drug-likeness (QED) is 0.670. The van der Waals surface area contributed by atoms with Crippen LogP contribution < -0.4 is 0 Å². The fourth-order valence-electron chi connectivity index (χ4n) is 2.32. The first-order chi connectivity index (χ1) is 9.63. The van der Waals surface area contributed by atoms with Gasteiger partial charge in [-0.1, -0.05) is 11.6 Å². The zero-order chi connectivity index (χ0) is 15.8. The third kappa shape index (κ3) is 3.34. The molecule has 0 spiro atoms. The van der Waals surface area contributed by atoms with Crippen LogP contribution in [0.25, 0.3) is 0 Å². The number of piperidine rings is 1. The van der Waals surface area contributed by atoms with Gasteiger partial charge in [0, 0.05) is 19.2 Å². The van der Waals surface area contributed by atoms with Crippen molar-refractivity contribution in [3.05, 3.63) is 33.3 Å². The van der Waals surface area contributed by atoms with Gasteiger partial charge in [0.25, 0.3) is 5.69 Å². The molecule has 0 aromatic heterocycles. The molecule has 1 heterocycles. The minimum atomic E-state index is -3.90. The maximum Gasteiger partial charge on any atom is 0.289 e. The number of nitro groups is 1. The Morgan fingerprint density at radius 1 is 1.48 bits per heavy atom. The minimum Gasteiger partial charge on any atom is -0.389 e. The summed E-state index contributed by atoms with van der Waals surface area (Å²) >= 11 is 5.68. The van der Waals surface area contributed by atoms with Crippen molar-refractivity contribution in [3.63, 3.8) is 0 Å². The van der Waals surface area contributed by atoms with Crippen LogP contribution in [0.3, 0.4) is 0 Å². The van der Waals surface area contributed by atoms with Crippen LogP contribution in [0.4, 0.5) is 5.69 Å². The minimum absolute atomic E-state index is 0.0360. The molecular formula is C12H15ClN2O5S. The summed E-state index contributed by atoms with van der Waals surface area (Å²) in [5.41, 5.74) is -1.55. The lowest BCUT2D eigenvalue weighted by atomic mass is 9.97. The summed E-state index contributed by atoms with van der Waals surface area (Å²) in [5.74, 6) is 0. The van der Waals surface area contributed by atoms with Crippen LogP contribution >= 0.6 is 11.6 Å². The van der Waals surface area contributed by atoms with E-state index in [1.54, 1.807) is 6.92 Å². The van der Waals surface area contributed by atoms with Crippen molar-refractivity contribution in [1.29, 1.82) is 0 Å². The average molecular weight is 335 g/mol. The Labute approximate surface area is 127 Å². The van der Waals surface area contributed by atoms with Crippen molar-refractivity contribution in [2.45, 2.75) is 30.3 Å². The molecule has 0 saturated carbocycles. The zero-order valence-electron chi connectivity index (χ0n) is 11.3. The number of benzene rings is 1. The first-order valence-electron chi connectivity index (χ1n) is 6.30. The lowest BCUT2D eigenvalue weighted by Crippen LogP contribution is -2.48. The summed E-state index contributed by atoms with van der Waals surface area (Å²) in [6.07, 6.45) is 1.04. The average Bonchev–Trinajstić information content (AvgIpc) is 2.37. The van der Waals surface area contributed by atoms with Gasteiger partial charge in [-0.3, -0.25) is 10.1 Å². The van der Waals surface area contributed by atoms with Gasteiger partial charge >= 0.3 is 0 Å². The van der Waals surface area contributed by atoms with Gasteiger partial charge in [0.2, 0.25) is 10.0 Å². The number of aliphatic hydroxyl groups is 1. The van der Waals surface area contributed by atoms with E-state index in [2.05, 4.69) is 0 Å². The molecule has 9 heteroatoms. The predicted molar refractivity (Wildman–Crippen MR) is 76.7 cm³/mol. The van der Waals surface area contributed by atoms with Crippen LogP contribution in [0.15, 0.2) is 23.1 Å². The maximum atomic E-state index is 12.5. The highest BCUT2D eigenvalue weighted by Gasteiger charge is 2.36. The van der Waals surface area contributed by atoms with Crippen LogP contribution in [0, 0.1) is 10.1 Å². The fourth-order valence-corrected chi connectivity index (χ4v) is 4.12. The topological polar surface area (TPSA) is 101 Å². The van der Waals surface area contributed by atoms with Crippen LogP contribution in [0.1, 0.15) is 19.8 Å². The molecule has 1 aliphatic heterocycles. The molecule has 7 nitrogen and oxygen atoms in total. The van der Waals surface area contributed by atoms with Crippen molar-refractivity contribution in [2.24, 2.45) is 0 Å². The monoisotopic (exact) mass is 334 g/mol. The molecule has 1 atom stereocenters. The third-order valence-electron chi connectivity index (χ3n) is 3.39. The number of sulfonamides is 1. The fraction of sp³-hybridized carbons (Fsp3) is 0.500. The van der Waals surface area contributed by atoms with E-state index in [1.807, 2.05) is 0 Å². The zero-order valence-corrected chi connectivity index (χ0v) is 12.9. The van der Waals surface area contributed by atoms with E-state index >= 15 is 0 Å². The summed E-state index contributed by atoms with van der Waals surface area (Å²) in [4.78, 5) is 9.93. The van der Waals surface area contributed by atoms with Gasteiger partial charge in [0.1, 0.15) is 5.02 Å². The van der Waals surface area contributed by atoms with E-state index in [1.165, 1.54) is 12.1 Å². The summed E-state index contributed by atoms with van der Waals surface area (Å²) in [6, 6.07) is 3.36. The second-order valence-corrected chi connectivity index (χ2v) is 7.65. The van der Waals surface area contributed by atoms with Crippen molar-refractivity contribution >= 4 is 27.3 Å². The third-order valence-corrected chi connectivity index (χ3v) is 5.55. The van der Waals surface area contributed by atoms with E-state index in [-0.39, 0.29) is 23.0 Å². The molecule has 2 rings (SSSR count). The lowest BCUT2D eigenvalue weighted by molar-refractivity contribution is -0.384. The number of rotatable bonds is 3. The second kappa shape index (κ2) is 5.53. The highest BCUT2D eigenvalue weighted by atomic mass is 35.5. The van der Waals surface area contributed by atoms with Crippen LogP contribution in [0.2, 0.25) is 5.02 Å². The standard InChI is InChI=1S/C12H15ClN2O5S/c1-12(16)5-2-6-14(8-12)21(19,20)9-3-4-10(13)11(7-9)15(17)18/h3-4,7,16H,2,5-6,8H2,1H3. The molecule has 1 N–H and O–H groups in total. The number of nitro benzene ring substituents is 1. The van der Waals surface area contributed by atoms with Gasteiger partial charge in [0.05, 0.1) is 15.4 Å². The van der Waals surface area contributed by atoms with Crippen LogP contribution in [0.5, 0.6) is 0 Å². The SMILES string of the molecule is CC1(O)CCCN(S(=O)(=O)c2ccc(Cl)c([N+](=O)[O-])c2)C1. The second-order valence-electron chi connectivity index (χ2n) is 5.31. The first-order valence-corrected chi connectivity index (χ1v) is 8.12. The van der Waals surface area contributed by atoms with Crippen LogP contribution in [-0.4, -0.2) is 41.4 Å². The Morgan fingerprint density at radius 3 is 2.71 bits per heavy atom. The number of β-amino-alcohol motifs (C(OH)–C–C–N with tert-alkyl or cyclic N) is 1. The molecule has 1 aromatic rings. The number of hydrogen-bond donors (Lipinski definition) is 1. The summed E-state index contributed by atoms with van der Waals surface area (Å²) in [6.45, 7) is 1.81. The van der Waals surface area contributed by atoms with Gasteiger partial charge in [-0.2, -0.15) is 4.31 Å². The predicted octanol–water partition coefficient (Wildman–Crippen LogP) is 1.78. The lowest BCUT2D eigenvalue weighted by Gasteiger charge is -2.35. The van der Waals surface area contributed by atoms with Gasteiger partial charge in [-0.25, -0.2) is 8.42 Å². The molecule has 0 amide bonds. The van der Waals surface area contributed by atoms with E-state index in [4.69, 9.17) is 11.6 Å². The normalized spacial score (nSPS) is 24.0. The Bertz CT molecular complexity index is 674. The molecule has 1 aromatic carbocycles. The molecule has 0 radical (unpaired) electrons. The smallest absolute Gasteiger partial charge is 0.289 e. The molecule has 1 unspecified atom stereocenters. The summed E-state index contributed by atoms with van der Waals surface area (Å²) in [5, 5.41) is 20.7. The van der Waals surface area contributed by atoms with Crippen molar-refractivity contribution in [2.75, 3.05) is 13.1 Å². The Morgan fingerprint density at radius 2 is 2.14 bits per heavy atom. The Hall–Kier alpha value is -1.22. The maximum absolute atomic E-state index is 12.5.